The summed E-state index contributed by atoms with van der Waals surface area (Å²) in [6.07, 6.45) is 3.15. The molecule has 0 fully saturated rings. The van der Waals surface area contributed by atoms with Gasteiger partial charge in [0.25, 0.3) is 0 Å². The van der Waals surface area contributed by atoms with Crippen LogP contribution >= 0.6 is 11.8 Å². The second kappa shape index (κ2) is 7.53. The third kappa shape index (κ3) is 3.60. The summed E-state index contributed by atoms with van der Waals surface area (Å²) in [6.45, 7) is 4.91. The monoisotopic (exact) mass is 301 g/mol. The number of hydrogen-bond donors (Lipinski definition) is 1. The molecular formula is C18H23NOS. The number of para-hydroxylation sites is 1. The summed E-state index contributed by atoms with van der Waals surface area (Å²) in [7, 11) is 0. The predicted molar refractivity (Wildman–Crippen MR) is 91.3 cm³/mol. The molecule has 2 rings (SSSR count). The molecule has 2 aromatic rings. The number of hydrogen-bond acceptors (Lipinski definition) is 3. The van der Waals surface area contributed by atoms with Gasteiger partial charge in [0.15, 0.2) is 0 Å². The molecule has 2 nitrogen and oxygen atoms in total. The van der Waals surface area contributed by atoms with Crippen LogP contribution in [0, 0.1) is 0 Å². The van der Waals surface area contributed by atoms with Gasteiger partial charge >= 0.3 is 0 Å². The molecule has 0 aliphatic heterocycles. The molecule has 2 N–H and O–H groups in total. The lowest BCUT2D eigenvalue weighted by Crippen LogP contribution is -2.03. The molecule has 0 saturated carbocycles. The minimum Gasteiger partial charge on any atom is -0.457 e. The second-order valence-corrected chi connectivity index (χ2v) is 5.94. The van der Waals surface area contributed by atoms with Gasteiger partial charge in [-0.2, -0.15) is 0 Å². The van der Waals surface area contributed by atoms with E-state index in [9.17, 15) is 0 Å². The summed E-state index contributed by atoms with van der Waals surface area (Å²) in [4.78, 5) is 1.18. The van der Waals surface area contributed by atoms with E-state index in [-0.39, 0.29) is 0 Å². The summed E-state index contributed by atoms with van der Waals surface area (Å²) in [5.74, 6) is 2.27. The first kappa shape index (κ1) is 15.9. The number of ether oxygens (including phenoxy) is 1. The van der Waals surface area contributed by atoms with Crippen LogP contribution in [-0.4, -0.2) is 6.26 Å². The van der Waals surface area contributed by atoms with E-state index < -0.39 is 0 Å². The van der Waals surface area contributed by atoms with Crippen molar-refractivity contribution in [2.45, 2.75) is 37.6 Å². The second-order valence-electron chi connectivity index (χ2n) is 5.09. The van der Waals surface area contributed by atoms with Gasteiger partial charge in [0.1, 0.15) is 11.5 Å². The molecule has 0 saturated heterocycles. The summed E-state index contributed by atoms with van der Waals surface area (Å²) in [5.41, 5.74) is 8.23. The first-order valence-electron chi connectivity index (χ1n) is 7.34. The molecule has 0 bridgehead atoms. The zero-order valence-electron chi connectivity index (χ0n) is 12.9. The molecule has 0 spiro atoms. The van der Waals surface area contributed by atoms with Crippen molar-refractivity contribution in [2.75, 3.05) is 6.26 Å². The van der Waals surface area contributed by atoms with Crippen molar-refractivity contribution in [1.29, 1.82) is 0 Å². The molecule has 112 valence electrons. The van der Waals surface area contributed by atoms with Gasteiger partial charge in [0.2, 0.25) is 0 Å². The highest BCUT2D eigenvalue weighted by Gasteiger charge is 2.13. The highest BCUT2D eigenvalue weighted by Crippen LogP contribution is 2.35. The molecule has 3 heteroatoms. The Balaban J connectivity index is 2.39. The average Bonchev–Trinajstić information content (AvgIpc) is 2.54. The Kier molecular flexibility index (Phi) is 5.71. The van der Waals surface area contributed by atoms with Crippen molar-refractivity contribution in [3.05, 3.63) is 53.6 Å². The fourth-order valence-corrected chi connectivity index (χ4v) is 3.00. The molecule has 21 heavy (non-hydrogen) atoms. The highest BCUT2D eigenvalue weighted by atomic mass is 32.2. The number of benzene rings is 2. The molecule has 0 aromatic heterocycles. The predicted octanol–water partition coefficient (Wildman–Crippen LogP) is 5.17. The standard InChI is InChI=1S/C18H23NOS/c1-4-13(2)14-8-5-6-9-16(14)20-17-10-7-11-18(21-3)15(17)12-19/h5-11,13H,4,12,19H2,1-3H3. The third-order valence-corrected chi connectivity index (χ3v) is 4.62. The van der Waals surface area contributed by atoms with Crippen LogP contribution in [0.25, 0.3) is 0 Å². The minimum atomic E-state index is 0.478. The van der Waals surface area contributed by atoms with E-state index in [4.69, 9.17) is 10.5 Å². The Morgan fingerprint density at radius 2 is 1.81 bits per heavy atom. The Morgan fingerprint density at radius 1 is 1.10 bits per heavy atom. The van der Waals surface area contributed by atoms with Gasteiger partial charge in [-0.05, 0) is 42.4 Å². The molecule has 1 unspecified atom stereocenters. The summed E-state index contributed by atoms with van der Waals surface area (Å²) in [5, 5.41) is 0. The molecule has 2 aromatic carbocycles. The normalized spacial score (nSPS) is 12.2. The van der Waals surface area contributed by atoms with Gasteiger partial charge in [0.05, 0.1) is 0 Å². The van der Waals surface area contributed by atoms with E-state index in [1.807, 2.05) is 24.3 Å². The van der Waals surface area contributed by atoms with Crippen LogP contribution in [0.1, 0.15) is 37.3 Å². The molecule has 0 aliphatic carbocycles. The van der Waals surface area contributed by atoms with E-state index in [2.05, 4.69) is 38.3 Å². The van der Waals surface area contributed by atoms with E-state index in [1.54, 1.807) is 11.8 Å². The quantitative estimate of drug-likeness (QED) is 0.747. The number of rotatable bonds is 6. The largest absolute Gasteiger partial charge is 0.457 e. The van der Waals surface area contributed by atoms with Gasteiger partial charge in [-0.1, -0.05) is 38.1 Å². The van der Waals surface area contributed by atoms with Crippen LogP contribution < -0.4 is 10.5 Å². The Hall–Kier alpha value is -1.45. The van der Waals surface area contributed by atoms with Crippen LogP contribution in [0.3, 0.4) is 0 Å². The molecule has 0 aliphatic rings. The SMILES string of the molecule is CCC(C)c1ccccc1Oc1cccc(SC)c1CN. The van der Waals surface area contributed by atoms with Crippen LogP contribution in [0.2, 0.25) is 0 Å². The van der Waals surface area contributed by atoms with E-state index in [0.717, 1.165) is 23.5 Å². The van der Waals surface area contributed by atoms with Crippen molar-refractivity contribution >= 4 is 11.8 Å². The first-order valence-corrected chi connectivity index (χ1v) is 8.56. The van der Waals surface area contributed by atoms with Crippen LogP contribution in [-0.2, 0) is 6.54 Å². The minimum absolute atomic E-state index is 0.478. The van der Waals surface area contributed by atoms with E-state index in [0.29, 0.717) is 12.5 Å². The summed E-state index contributed by atoms with van der Waals surface area (Å²) in [6, 6.07) is 14.4. The zero-order valence-corrected chi connectivity index (χ0v) is 13.7. The lowest BCUT2D eigenvalue weighted by atomic mass is 9.98. The topological polar surface area (TPSA) is 35.2 Å². The van der Waals surface area contributed by atoms with Crippen molar-refractivity contribution in [2.24, 2.45) is 5.73 Å². The maximum Gasteiger partial charge on any atom is 0.133 e. The fourth-order valence-electron chi connectivity index (χ4n) is 2.35. The molecule has 1 atom stereocenters. The Labute approximate surface area is 131 Å². The lowest BCUT2D eigenvalue weighted by molar-refractivity contribution is 0.462. The smallest absolute Gasteiger partial charge is 0.133 e. The van der Waals surface area contributed by atoms with Gasteiger partial charge in [0, 0.05) is 17.0 Å². The molecule has 0 amide bonds. The van der Waals surface area contributed by atoms with E-state index >= 15 is 0 Å². The maximum absolute atomic E-state index is 6.20. The molecule has 0 heterocycles. The zero-order chi connectivity index (χ0) is 15.2. The summed E-state index contributed by atoms with van der Waals surface area (Å²) >= 11 is 1.70. The molecular weight excluding hydrogens is 278 g/mol. The first-order chi connectivity index (χ1) is 10.2. The summed E-state index contributed by atoms with van der Waals surface area (Å²) < 4.78 is 6.20. The number of nitrogens with two attached hydrogens (primary N) is 1. The maximum atomic E-state index is 6.20. The number of thioether (sulfide) groups is 1. The lowest BCUT2D eigenvalue weighted by Gasteiger charge is -2.18. The van der Waals surface area contributed by atoms with E-state index in [1.165, 1.54) is 10.5 Å². The van der Waals surface area contributed by atoms with Crippen LogP contribution in [0.4, 0.5) is 0 Å². The van der Waals surface area contributed by atoms with Gasteiger partial charge < -0.3 is 10.5 Å². The van der Waals surface area contributed by atoms with Crippen molar-refractivity contribution in [3.8, 4) is 11.5 Å². The van der Waals surface area contributed by atoms with Gasteiger partial charge in [-0.15, -0.1) is 11.8 Å². The Morgan fingerprint density at radius 3 is 2.48 bits per heavy atom. The van der Waals surface area contributed by atoms with Crippen LogP contribution in [0.15, 0.2) is 47.4 Å². The van der Waals surface area contributed by atoms with Crippen molar-refractivity contribution in [3.63, 3.8) is 0 Å². The Bertz CT molecular complexity index is 598. The van der Waals surface area contributed by atoms with Gasteiger partial charge in [-0.3, -0.25) is 0 Å². The highest BCUT2D eigenvalue weighted by molar-refractivity contribution is 7.98. The van der Waals surface area contributed by atoms with Crippen molar-refractivity contribution in [1.82, 2.24) is 0 Å². The van der Waals surface area contributed by atoms with Gasteiger partial charge in [-0.25, -0.2) is 0 Å². The van der Waals surface area contributed by atoms with Crippen LogP contribution in [0.5, 0.6) is 11.5 Å². The third-order valence-electron chi connectivity index (χ3n) is 3.80. The molecule has 0 radical (unpaired) electrons. The fraction of sp³-hybridized carbons (Fsp3) is 0.333. The van der Waals surface area contributed by atoms with Crippen molar-refractivity contribution < 1.29 is 4.74 Å². The average molecular weight is 301 g/mol.